The quantitative estimate of drug-likeness (QED) is 0.455. The molecule has 1 unspecified atom stereocenters. The first-order valence-electron chi connectivity index (χ1n) is 6.91. The van der Waals surface area contributed by atoms with Gasteiger partial charge in [0.25, 0.3) is 5.69 Å². The van der Waals surface area contributed by atoms with Crippen LogP contribution < -0.4 is 4.74 Å². The van der Waals surface area contributed by atoms with Crippen LogP contribution in [0, 0.1) is 29.9 Å². The van der Waals surface area contributed by atoms with Crippen LogP contribution in [-0.4, -0.2) is 29.7 Å². The minimum atomic E-state index is -0.401. The predicted molar refractivity (Wildman–Crippen MR) is 74.0 cm³/mol. The fourth-order valence-electron chi connectivity index (χ4n) is 2.50. The standard InChI is InChI=1S/C14H20N2O4/c1-10-8-13(15-11(2)14(10)16(17)18)20-6-3-4-12-5-7-19-9-12/h8,12H,3-7,9H2,1-2H3. The molecule has 0 radical (unpaired) electrons. The van der Waals surface area contributed by atoms with E-state index in [4.69, 9.17) is 9.47 Å². The summed E-state index contributed by atoms with van der Waals surface area (Å²) < 4.78 is 10.9. The fourth-order valence-corrected chi connectivity index (χ4v) is 2.50. The number of aromatic nitrogens is 1. The van der Waals surface area contributed by atoms with Gasteiger partial charge in [-0.1, -0.05) is 0 Å². The van der Waals surface area contributed by atoms with Gasteiger partial charge in [-0.15, -0.1) is 0 Å². The van der Waals surface area contributed by atoms with Crippen LogP contribution >= 0.6 is 0 Å². The molecule has 0 amide bonds. The highest BCUT2D eigenvalue weighted by Gasteiger charge is 2.18. The topological polar surface area (TPSA) is 74.5 Å². The molecule has 0 spiro atoms. The molecule has 1 atom stereocenters. The largest absolute Gasteiger partial charge is 0.478 e. The van der Waals surface area contributed by atoms with Crippen molar-refractivity contribution in [1.82, 2.24) is 4.98 Å². The normalized spacial score (nSPS) is 18.2. The van der Waals surface area contributed by atoms with Gasteiger partial charge >= 0.3 is 0 Å². The molecule has 0 bridgehead atoms. The summed E-state index contributed by atoms with van der Waals surface area (Å²) in [4.78, 5) is 14.6. The van der Waals surface area contributed by atoms with Crippen molar-refractivity contribution in [3.63, 3.8) is 0 Å². The Bertz CT molecular complexity index is 461. The van der Waals surface area contributed by atoms with Crippen molar-refractivity contribution in [3.05, 3.63) is 27.4 Å². The zero-order valence-electron chi connectivity index (χ0n) is 11.9. The van der Waals surface area contributed by atoms with Crippen LogP contribution in [0.5, 0.6) is 5.88 Å². The zero-order valence-corrected chi connectivity index (χ0v) is 11.9. The van der Waals surface area contributed by atoms with Gasteiger partial charge in [-0.3, -0.25) is 10.1 Å². The maximum atomic E-state index is 10.9. The van der Waals surface area contributed by atoms with E-state index in [0.717, 1.165) is 32.5 Å². The summed E-state index contributed by atoms with van der Waals surface area (Å²) in [6, 6.07) is 1.63. The second-order valence-electron chi connectivity index (χ2n) is 5.19. The summed E-state index contributed by atoms with van der Waals surface area (Å²) in [6.45, 7) is 5.64. The Morgan fingerprint density at radius 1 is 1.55 bits per heavy atom. The first-order valence-corrected chi connectivity index (χ1v) is 6.91. The van der Waals surface area contributed by atoms with Gasteiger partial charge in [0.05, 0.1) is 11.5 Å². The highest BCUT2D eigenvalue weighted by molar-refractivity contribution is 5.45. The molecule has 20 heavy (non-hydrogen) atoms. The third-order valence-electron chi connectivity index (χ3n) is 3.55. The van der Waals surface area contributed by atoms with E-state index < -0.39 is 4.92 Å². The Morgan fingerprint density at radius 2 is 2.35 bits per heavy atom. The van der Waals surface area contributed by atoms with Crippen LogP contribution in [0.15, 0.2) is 6.07 Å². The Morgan fingerprint density at radius 3 is 2.95 bits per heavy atom. The molecule has 0 aromatic carbocycles. The number of pyridine rings is 1. The Kier molecular flexibility index (Phi) is 4.89. The van der Waals surface area contributed by atoms with Crippen molar-refractivity contribution in [1.29, 1.82) is 0 Å². The predicted octanol–water partition coefficient (Wildman–Crippen LogP) is 2.80. The minimum Gasteiger partial charge on any atom is -0.478 e. The van der Waals surface area contributed by atoms with Gasteiger partial charge in [0.15, 0.2) is 0 Å². The Hall–Kier alpha value is -1.69. The monoisotopic (exact) mass is 280 g/mol. The van der Waals surface area contributed by atoms with Crippen LogP contribution in [-0.2, 0) is 4.74 Å². The van der Waals surface area contributed by atoms with E-state index in [1.54, 1.807) is 19.9 Å². The maximum Gasteiger partial charge on any atom is 0.293 e. The summed E-state index contributed by atoms with van der Waals surface area (Å²) in [7, 11) is 0. The molecule has 2 heterocycles. The lowest BCUT2D eigenvalue weighted by Crippen LogP contribution is -2.06. The van der Waals surface area contributed by atoms with Crippen molar-refractivity contribution in [2.45, 2.75) is 33.1 Å². The number of hydrogen-bond donors (Lipinski definition) is 0. The summed E-state index contributed by atoms with van der Waals surface area (Å²) in [5, 5.41) is 10.9. The number of nitrogens with zero attached hydrogens (tertiary/aromatic N) is 2. The van der Waals surface area contributed by atoms with E-state index in [1.807, 2.05) is 0 Å². The van der Waals surface area contributed by atoms with Crippen molar-refractivity contribution in [2.75, 3.05) is 19.8 Å². The van der Waals surface area contributed by atoms with Crippen molar-refractivity contribution in [3.8, 4) is 5.88 Å². The number of rotatable bonds is 6. The van der Waals surface area contributed by atoms with Crippen LogP contribution in [0.4, 0.5) is 5.69 Å². The van der Waals surface area contributed by atoms with E-state index in [2.05, 4.69) is 4.98 Å². The van der Waals surface area contributed by atoms with Gasteiger partial charge in [0, 0.05) is 24.8 Å². The van der Waals surface area contributed by atoms with E-state index in [-0.39, 0.29) is 5.69 Å². The number of ether oxygens (including phenoxy) is 2. The molecule has 0 saturated carbocycles. The van der Waals surface area contributed by atoms with E-state index in [1.165, 1.54) is 0 Å². The first-order chi connectivity index (χ1) is 9.58. The molecule has 6 heteroatoms. The lowest BCUT2D eigenvalue weighted by Gasteiger charge is -2.09. The third kappa shape index (κ3) is 3.66. The Balaban J connectivity index is 1.85. The number of nitro groups is 1. The molecule has 110 valence electrons. The smallest absolute Gasteiger partial charge is 0.293 e. The second-order valence-corrected chi connectivity index (χ2v) is 5.19. The molecule has 2 rings (SSSR count). The highest BCUT2D eigenvalue weighted by atomic mass is 16.6. The van der Waals surface area contributed by atoms with Gasteiger partial charge < -0.3 is 9.47 Å². The van der Waals surface area contributed by atoms with E-state index >= 15 is 0 Å². The summed E-state index contributed by atoms with van der Waals surface area (Å²) in [6.07, 6.45) is 3.17. The minimum absolute atomic E-state index is 0.0699. The SMILES string of the molecule is Cc1cc(OCCCC2CCOC2)nc(C)c1[N+](=O)[O-]. The number of aryl methyl sites for hydroxylation is 2. The summed E-state index contributed by atoms with van der Waals surface area (Å²) >= 11 is 0. The van der Waals surface area contributed by atoms with Crippen LogP contribution in [0.25, 0.3) is 0 Å². The molecule has 0 N–H and O–H groups in total. The molecule has 1 aromatic rings. The van der Waals surface area contributed by atoms with Crippen molar-refractivity contribution >= 4 is 5.69 Å². The molecule has 1 aliphatic heterocycles. The summed E-state index contributed by atoms with van der Waals surface area (Å²) in [5.41, 5.74) is 1.05. The third-order valence-corrected chi connectivity index (χ3v) is 3.55. The maximum absolute atomic E-state index is 10.9. The highest BCUT2D eigenvalue weighted by Crippen LogP contribution is 2.25. The second kappa shape index (κ2) is 6.65. The molecule has 0 aliphatic carbocycles. The van der Waals surface area contributed by atoms with Crippen molar-refractivity contribution in [2.24, 2.45) is 5.92 Å². The lowest BCUT2D eigenvalue weighted by molar-refractivity contribution is -0.386. The summed E-state index contributed by atoms with van der Waals surface area (Å²) in [5.74, 6) is 1.11. The number of hydrogen-bond acceptors (Lipinski definition) is 5. The molecule has 1 fully saturated rings. The van der Waals surface area contributed by atoms with Crippen LogP contribution in [0.1, 0.15) is 30.5 Å². The molecule has 6 nitrogen and oxygen atoms in total. The molecule has 1 saturated heterocycles. The van der Waals surface area contributed by atoms with Crippen LogP contribution in [0.2, 0.25) is 0 Å². The molecular weight excluding hydrogens is 260 g/mol. The van der Waals surface area contributed by atoms with Gasteiger partial charge in [-0.05, 0) is 39.0 Å². The zero-order chi connectivity index (χ0) is 14.5. The van der Waals surface area contributed by atoms with Gasteiger partial charge in [0.1, 0.15) is 5.69 Å². The van der Waals surface area contributed by atoms with E-state index in [9.17, 15) is 10.1 Å². The molecule has 1 aliphatic rings. The Labute approximate surface area is 118 Å². The van der Waals surface area contributed by atoms with Gasteiger partial charge in [-0.25, -0.2) is 4.98 Å². The van der Waals surface area contributed by atoms with Gasteiger partial charge in [-0.2, -0.15) is 0 Å². The first kappa shape index (κ1) is 14.7. The average Bonchev–Trinajstić information content (AvgIpc) is 2.86. The average molecular weight is 280 g/mol. The van der Waals surface area contributed by atoms with Crippen LogP contribution in [0.3, 0.4) is 0 Å². The fraction of sp³-hybridized carbons (Fsp3) is 0.643. The van der Waals surface area contributed by atoms with Crippen molar-refractivity contribution < 1.29 is 14.4 Å². The lowest BCUT2D eigenvalue weighted by atomic mass is 10.0. The van der Waals surface area contributed by atoms with E-state index in [0.29, 0.717) is 29.7 Å². The van der Waals surface area contributed by atoms with Gasteiger partial charge in [0.2, 0.25) is 5.88 Å². The molecular formula is C14H20N2O4. The molecule has 1 aromatic heterocycles.